The highest BCUT2D eigenvalue weighted by atomic mass is 19.1. The first-order chi connectivity index (χ1) is 12.6. The van der Waals surface area contributed by atoms with Crippen molar-refractivity contribution in [2.24, 2.45) is 0 Å². The first-order valence-electron chi connectivity index (χ1n) is 8.78. The van der Waals surface area contributed by atoms with Crippen molar-refractivity contribution < 1.29 is 4.39 Å². The van der Waals surface area contributed by atoms with Crippen molar-refractivity contribution in [3.8, 4) is 22.5 Å². The maximum atomic E-state index is 14.1. The first-order valence-corrected chi connectivity index (χ1v) is 8.78. The smallest absolute Gasteiger partial charge is 0.155 e. The molecule has 3 aromatic heterocycles. The fourth-order valence-corrected chi connectivity index (χ4v) is 3.86. The van der Waals surface area contributed by atoms with E-state index in [1.807, 2.05) is 24.4 Å². The van der Waals surface area contributed by atoms with Crippen molar-refractivity contribution in [1.82, 2.24) is 24.1 Å². The number of imidazole rings is 1. The van der Waals surface area contributed by atoms with Crippen LogP contribution in [0.25, 0.3) is 28.2 Å². The van der Waals surface area contributed by atoms with Gasteiger partial charge in [0.1, 0.15) is 18.0 Å². The molecular weight excluding hydrogens is 329 g/mol. The highest BCUT2D eigenvalue weighted by Crippen LogP contribution is 2.36. The molecule has 130 valence electrons. The second-order valence-electron chi connectivity index (χ2n) is 6.89. The van der Waals surface area contributed by atoms with Crippen LogP contribution in [0.3, 0.4) is 0 Å². The third-order valence-corrected chi connectivity index (χ3v) is 5.09. The molecule has 1 aliphatic heterocycles. The Bertz CT molecular complexity index is 1130. The maximum absolute atomic E-state index is 14.1. The molecule has 0 N–H and O–H groups in total. The van der Waals surface area contributed by atoms with Gasteiger partial charge in [-0.25, -0.2) is 18.9 Å². The van der Waals surface area contributed by atoms with Gasteiger partial charge in [-0.15, -0.1) is 0 Å². The van der Waals surface area contributed by atoms with E-state index in [2.05, 4.69) is 20.7 Å². The van der Waals surface area contributed by atoms with Crippen molar-refractivity contribution in [3.05, 3.63) is 59.6 Å². The third-order valence-electron chi connectivity index (χ3n) is 5.09. The molecule has 5 rings (SSSR count). The summed E-state index contributed by atoms with van der Waals surface area (Å²) >= 11 is 0. The predicted octanol–water partition coefficient (Wildman–Crippen LogP) is 3.96. The number of rotatable bonds is 2. The monoisotopic (exact) mass is 347 g/mol. The second-order valence-corrected chi connectivity index (χ2v) is 6.89. The van der Waals surface area contributed by atoms with Gasteiger partial charge in [-0.1, -0.05) is 0 Å². The van der Waals surface area contributed by atoms with Gasteiger partial charge in [0.2, 0.25) is 0 Å². The van der Waals surface area contributed by atoms with Crippen molar-refractivity contribution in [3.63, 3.8) is 0 Å². The number of fused-ring (bicyclic) bond motifs is 2. The molecule has 0 radical (unpaired) electrons. The third kappa shape index (κ3) is 2.18. The fourth-order valence-electron chi connectivity index (χ4n) is 3.86. The van der Waals surface area contributed by atoms with Crippen LogP contribution in [-0.4, -0.2) is 24.1 Å². The van der Waals surface area contributed by atoms with Crippen LogP contribution >= 0.6 is 0 Å². The van der Waals surface area contributed by atoms with Gasteiger partial charge < -0.3 is 4.57 Å². The van der Waals surface area contributed by atoms with Crippen LogP contribution in [0.5, 0.6) is 0 Å². The molecule has 1 aromatic carbocycles. The van der Waals surface area contributed by atoms with Crippen LogP contribution in [-0.2, 0) is 13.0 Å². The molecule has 0 atom stereocenters. The zero-order chi connectivity index (χ0) is 17.8. The Morgan fingerprint density at radius 2 is 1.88 bits per heavy atom. The van der Waals surface area contributed by atoms with Crippen LogP contribution in [0.4, 0.5) is 4.39 Å². The molecule has 0 saturated carbocycles. The Hall–Kier alpha value is -3.02. The van der Waals surface area contributed by atoms with Gasteiger partial charge in [0, 0.05) is 30.3 Å². The molecule has 4 heterocycles. The molecule has 1 aliphatic rings. The molecule has 0 aliphatic carbocycles. The Balaban J connectivity index is 1.77. The standard InChI is InChI=1S/C20H18FN5/c1-12-8-15(9-13(2)18(12)21)19-20(25-7-3-4-17(25)24-19)14-5-6-16-22-11-23-26(16)10-14/h5-6,8-11H,3-4,7H2,1-2H3. The van der Waals surface area contributed by atoms with Crippen molar-refractivity contribution >= 4 is 5.65 Å². The van der Waals surface area contributed by atoms with Crippen molar-refractivity contribution in [2.45, 2.75) is 33.2 Å². The quantitative estimate of drug-likeness (QED) is 0.551. The molecular formula is C20H18FN5. The maximum Gasteiger partial charge on any atom is 0.155 e. The highest BCUT2D eigenvalue weighted by molar-refractivity contribution is 5.80. The number of hydrogen-bond donors (Lipinski definition) is 0. The number of halogens is 1. The Morgan fingerprint density at radius 1 is 1.08 bits per heavy atom. The van der Waals surface area contributed by atoms with Gasteiger partial charge in [-0.05, 0) is 55.7 Å². The average molecular weight is 347 g/mol. The molecule has 4 aromatic rings. The molecule has 0 saturated heterocycles. The van der Waals surface area contributed by atoms with E-state index in [1.165, 1.54) is 0 Å². The lowest BCUT2D eigenvalue weighted by Crippen LogP contribution is -1.99. The summed E-state index contributed by atoms with van der Waals surface area (Å²) in [7, 11) is 0. The molecule has 0 bridgehead atoms. The highest BCUT2D eigenvalue weighted by Gasteiger charge is 2.24. The van der Waals surface area contributed by atoms with Gasteiger partial charge in [0.15, 0.2) is 5.65 Å². The second kappa shape index (κ2) is 5.49. The SMILES string of the molecule is Cc1cc(-c2nc3n(c2-c2ccc4ncnn4c2)CCC3)cc(C)c1F. The van der Waals surface area contributed by atoms with E-state index in [1.54, 1.807) is 24.7 Å². The molecule has 0 unspecified atom stereocenters. The molecule has 26 heavy (non-hydrogen) atoms. The van der Waals surface area contributed by atoms with E-state index < -0.39 is 0 Å². The van der Waals surface area contributed by atoms with Crippen LogP contribution in [0.1, 0.15) is 23.4 Å². The van der Waals surface area contributed by atoms with E-state index in [0.717, 1.165) is 53.4 Å². The Morgan fingerprint density at radius 3 is 2.69 bits per heavy atom. The van der Waals surface area contributed by atoms with Crippen LogP contribution in [0.2, 0.25) is 0 Å². The van der Waals surface area contributed by atoms with E-state index in [4.69, 9.17) is 4.98 Å². The largest absolute Gasteiger partial charge is 0.327 e. The van der Waals surface area contributed by atoms with Crippen molar-refractivity contribution in [2.75, 3.05) is 0 Å². The summed E-state index contributed by atoms with van der Waals surface area (Å²) in [5.41, 5.74) is 6.07. The zero-order valence-corrected chi connectivity index (χ0v) is 14.7. The Kier molecular flexibility index (Phi) is 3.22. The number of nitrogens with zero attached hydrogens (tertiary/aromatic N) is 5. The number of benzene rings is 1. The predicted molar refractivity (Wildman–Crippen MR) is 97.4 cm³/mol. The van der Waals surface area contributed by atoms with Crippen molar-refractivity contribution in [1.29, 1.82) is 0 Å². The van der Waals surface area contributed by atoms with Gasteiger partial charge in [-0.3, -0.25) is 0 Å². The lowest BCUT2D eigenvalue weighted by Gasteiger charge is -2.11. The molecule has 0 fully saturated rings. The van der Waals surface area contributed by atoms with Crippen LogP contribution in [0.15, 0.2) is 36.8 Å². The minimum absolute atomic E-state index is 0.147. The summed E-state index contributed by atoms with van der Waals surface area (Å²) in [6, 6.07) is 7.79. The summed E-state index contributed by atoms with van der Waals surface area (Å²) in [6.07, 6.45) is 5.60. The minimum atomic E-state index is -0.147. The van der Waals surface area contributed by atoms with E-state index in [-0.39, 0.29) is 5.82 Å². The Labute approximate surface area is 150 Å². The summed E-state index contributed by atoms with van der Waals surface area (Å²) < 4.78 is 18.2. The molecule has 0 amide bonds. The summed E-state index contributed by atoms with van der Waals surface area (Å²) in [5, 5.41) is 4.25. The van der Waals surface area contributed by atoms with Crippen LogP contribution < -0.4 is 0 Å². The van der Waals surface area contributed by atoms with Gasteiger partial charge >= 0.3 is 0 Å². The average Bonchev–Trinajstić information content (AvgIpc) is 3.33. The molecule has 6 heteroatoms. The lowest BCUT2D eigenvalue weighted by atomic mass is 10.0. The molecule has 0 spiro atoms. The number of aromatic nitrogens is 5. The topological polar surface area (TPSA) is 48.0 Å². The van der Waals surface area contributed by atoms with Gasteiger partial charge in [-0.2, -0.15) is 5.10 Å². The zero-order valence-electron chi connectivity index (χ0n) is 14.7. The summed E-state index contributed by atoms with van der Waals surface area (Å²) in [6.45, 7) is 4.56. The summed E-state index contributed by atoms with van der Waals surface area (Å²) in [5.74, 6) is 0.944. The number of aryl methyl sites for hydroxylation is 3. The van der Waals surface area contributed by atoms with E-state index >= 15 is 0 Å². The van der Waals surface area contributed by atoms with E-state index in [0.29, 0.717) is 11.1 Å². The number of hydrogen-bond acceptors (Lipinski definition) is 3. The fraction of sp³-hybridized carbons (Fsp3) is 0.250. The first kappa shape index (κ1) is 15.3. The summed E-state index contributed by atoms with van der Waals surface area (Å²) in [4.78, 5) is 9.13. The van der Waals surface area contributed by atoms with Gasteiger partial charge in [0.25, 0.3) is 0 Å². The lowest BCUT2D eigenvalue weighted by molar-refractivity contribution is 0.609. The van der Waals surface area contributed by atoms with Gasteiger partial charge in [0.05, 0.1) is 11.4 Å². The molecule has 5 nitrogen and oxygen atoms in total. The number of pyridine rings is 1. The normalized spacial score (nSPS) is 13.5. The van der Waals surface area contributed by atoms with E-state index in [9.17, 15) is 4.39 Å². The minimum Gasteiger partial charge on any atom is -0.327 e. The van der Waals surface area contributed by atoms with Crippen LogP contribution in [0, 0.1) is 19.7 Å².